The third-order valence-electron chi connectivity index (χ3n) is 3.73. The lowest BCUT2D eigenvalue weighted by molar-refractivity contribution is 0.0592. The zero-order chi connectivity index (χ0) is 12.3. The molecule has 0 amide bonds. The summed E-state index contributed by atoms with van der Waals surface area (Å²) in [6, 6.07) is 6.70. The van der Waals surface area contributed by atoms with Crippen molar-refractivity contribution in [2.24, 2.45) is 11.8 Å². The fourth-order valence-electron chi connectivity index (χ4n) is 2.65. The molecule has 94 valence electrons. The van der Waals surface area contributed by atoms with Crippen LogP contribution >= 0.6 is 0 Å². The van der Waals surface area contributed by atoms with Gasteiger partial charge in [-0.05, 0) is 43.0 Å². The Labute approximate surface area is 102 Å². The van der Waals surface area contributed by atoms with Crippen molar-refractivity contribution < 1.29 is 9.50 Å². The lowest BCUT2D eigenvalue weighted by Crippen LogP contribution is -2.41. The summed E-state index contributed by atoms with van der Waals surface area (Å²) in [5, 5.41) is 13.5. The van der Waals surface area contributed by atoms with Crippen LogP contribution in [0.1, 0.15) is 18.9 Å². The number of halogens is 1. The zero-order valence-electron chi connectivity index (χ0n) is 10.2. The van der Waals surface area contributed by atoms with Gasteiger partial charge in [-0.3, -0.25) is 0 Å². The quantitative estimate of drug-likeness (QED) is 0.842. The van der Waals surface area contributed by atoms with E-state index in [1.54, 1.807) is 12.1 Å². The van der Waals surface area contributed by atoms with Crippen molar-refractivity contribution in [2.75, 3.05) is 13.1 Å². The summed E-state index contributed by atoms with van der Waals surface area (Å²) in [7, 11) is 0. The summed E-state index contributed by atoms with van der Waals surface area (Å²) >= 11 is 0. The van der Waals surface area contributed by atoms with Gasteiger partial charge in [-0.25, -0.2) is 4.39 Å². The highest BCUT2D eigenvalue weighted by atomic mass is 19.1. The van der Waals surface area contributed by atoms with Crippen LogP contribution in [0.25, 0.3) is 0 Å². The molecule has 1 aliphatic heterocycles. The second kappa shape index (κ2) is 5.61. The van der Waals surface area contributed by atoms with Crippen LogP contribution in [0.3, 0.4) is 0 Å². The van der Waals surface area contributed by atoms with Crippen LogP contribution in [-0.2, 0) is 6.42 Å². The van der Waals surface area contributed by atoms with Gasteiger partial charge in [0.25, 0.3) is 0 Å². The largest absolute Gasteiger partial charge is 0.392 e. The van der Waals surface area contributed by atoms with Crippen LogP contribution in [0, 0.1) is 17.7 Å². The van der Waals surface area contributed by atoms with Crippen LogP contribution in [0.4, 0.5) is 4.39 Å². The molecule has 1 fully saturated rings. The molecule has 2 N–H and O–H groups in total. The molecular weight excluding hydrogens is 217 g/mol. The van der Waals surface area contributed by atoms with Crippen molar-refractivity contribution in [1.29, 1.82) is 0 Å². The first kappa shape index (κ1) is 12.5. The maximum atomic E-state index is 13.5. The molecule has 1 saturated heterocycles. The van der Waals surface area contributed by atoms with Gasteiger partial charge in [0, 0.05) is 6.42 Å². The van der Waals surface area contributed by atoms with E-state index in [4.69, 9.17) is 0 Å². The lowest BCUT2D eigenvalue weighted by atomic mass is 9.81. The van der Waals surface area contributed by atoms with E-state index >= 15 is 0 Å². The van der Waals surface area contributed by atoms with Crippen molar-refractivity contribution in [2.45, 2.75) is 25.9 Å². The summed E-state index contributed by atoms with van der Waals surface area (Å²) in [4.78, 5) is 0. The van der Waals surface area contributed by atoms with Gasteiger partial charge in [0.15, 0.2) is 0 Å². The molecule has 3 atom stereocenters. The van der Waals surface area contributed by atoms with E-state index in [0.29, 0.717) is 17.9 Å². The smallest absolute Gasteiger partial charge is 0.126 e. The van der Waals surface area contributed by atoms with E-state index in [2.05, 4.69) is 12.2 Å². The van der Waals surface area contributed by atoms with E-state index in [0.717, 1.165) is 19.5 Å². The van der Waals surface area contributed by atoms with E-state index in [1.807, 2.05) is 6.07 Å². The number of aliphatic hydroxyl groups excluding tert-OH is 1. The Hall–Kier alpha value is -0.930. The Morgan fingerprint density at radius 1 is 1.47 bits per heavy atom. The molecule has 0 spiro atoms. The van der Waals surface area contributed by atoms with Gasteiger partial charge >= 0.3 is 0 Å². The normalized spacial score (nSPS) is 26.8. The molecule has 2 rings (SSSR count). The number of rotatable bonds is 3. The van der Waals surface area contributed by atoms with E-state index in [9.17, 15) is 9.50 Å². The molecule has 0 saturated carbocycles. The Morgan fingerprint density at radius 3 is 2.94 bits per heavy atom. The number of hydrogen-bond donors (Lipinski definition) is 2. The van der Waals surface area contributed by atoms with Crippen molar-refractivity contribution in [3.8, 4) is 0 Å². The molecule has 0 aromatic heterocycles. The molecule has 17 heavy (non-hydrogen) atoms. The molecule has 0 radical (unpaired) electrons. The minimum atomic E-state index is -0.441. The van der Waals surface area contributed by atoms with Gasteiger partial charge in [0.2, 0.25) is 0 Å². The third kappa shape index (κ3) is 3.05. The molecule has 1 heterocycles. The molecule has 2 unspecified atom stereocenters. The Bertz CT molecular complexity index is 369. The van der Waals surface area contributed by atoms with Crippen LogP contribution in [-0.4, -0.2) is 24.3 Å². The maximum absolute atomic E-state index is 13.5. The predicted molar refractivity (Wildman–Crippen MR) is 66.3 cm³/mol. The first-order valence-electron chi connectivity index (χ1n) is 6.30. The number of benzene rings is 1. The maximum Gasteiger partial charge on any atom is 0.126 e. The van der Waals surface area contributed by atoms with Crippen molar-refractivity contribution in [3.05, 3.63) is 35.6 Å². The summed E-state index contributed by atoms with van der Waals surface area (Å²) in [6.45, 7) is 4.03. The third-order valence-corrected chi connectivity index (χ3v) is 3.73. The fourth-order valence-corrected chi connectivity index (χ4v) is 2.65. The number of piperidine rings is 1. The minimum absolute atomic E-state index is 0.215. The average Bonchev–Trinajstić information content (AvgIpc) is 2.32. The molecule has 3 heteroatoms. The lowest BCUT2D eigenvalue weighted by Gasteiger charge is -2.33. The minimum Gasteiger partial charge on any atom is -0.392 e. The summed E-state index contributed by atoms with van der Waals surface area (Å²) < 4.78 is 13.5. The number of aliphatic hydroxyl groups is 1. The summed E-state index contributed by atoms with van der Waals surface area (Å²) in [6.07, 6.45) is 0.947. The monoisotopic (exact) mass is 237 g/mol. The van der Waals surface area contributed by atoms with Crippen LogP contribution in [0.2, 0.25) is 0 Å². The summed E-state index contributed by atoms with van der Waals surface area (Å²) in [5.74, 6) is 0.509. The molecule has 0 bridgehead atoms. The molecular formula is C14H20FNO. The van der Waals surface area contributed by atoms with Crippen LogP contribution < -0.4 is 5.32 Å². The highest BCUT2D eigenvalue weighted by Crippen LogP contribution is 2.25. The first-order valence-corrected chi connectivity index (χ1v) is 6.30. The van der Waals surface area contributed by atoms with Gasteiger partial charge in [-0.15, -0.1) is 0 Å². The van der Waals surface area contributed by atoms with Gasteiger partial charge in [0.05, 0.1) is 6.10 Å². The second-order valence-corrected chi connectivity index (χ2v) is 5.00. The Balaban J connectivity index is 2.01. The molecule has 1 aromatic carbocycles. The molecule has 1 aliphatic rings. The van der Waals surface area contributed by atoms with Gasteiger partial charge in [-0.1, -0.05) is 25.1 Å². The van der Waals surface area contributed by atoms with Gasteiger partial charge in [-0.2, -0.15) is 0 Å². The first-order chi connectivity index (χ1) is 8.18. The number of nitrogens with one attached hydrogen (secondary N) is 1. The van der Waals surface area contributed by atoms with E-state index < -0.39 is 6.10 Å². The van der Waals surface area contributed by atoms with E-state index in [-0.39, 0.29) is 11.7 Å². The van der Waals surface area contributed by atoms with E-state index in [1.165, 1.54) is 6.07 Å². The number of hydrogen-bond acceptors (Lipinski definition) is 2. The van der Waals surface area contributed by atoms with Gasteiger partial charge in [0.1, 0.15) is 5.82 Å². The molecule has 2 nitrogen and oxygen atoms in total. The standard InChI is InChI=1S/C14H20FNO/c1-10-9-16-7-6-12(10)14(17)8-11-4-2-3-5-13(11)15/h2-5,10,12,14,16-17H,6-9H2,1H3/t10-,12?,14?/m1/s1. The van der Waals surface area contributed by atoms with Crippen LogP contribution in [0.5, 0.6) is 0 Å². The second-order valence-electron chi connectivity index (χ2n) is 5.00. The summed E-state index contributed by atoms with van der Waals surface area (Å²) in [5.41, 5.74) is 0.616. The van der Waals surface area contributed by atoms with Crippen molar-refractivity contribution in [3.63, 3.8) is 0 Å². The SMILES string of the molecule is C[C@@H]1CNCCC1C(O)Cc1ccccc1F. The molecule has 1 aromatic rings. The molecule has 0 aliphatic carbocycles. The van der Waals surface area contributed by atoms with Crippen molar-refractivity contribution >= 4 is 0 Å². The zero-order valence-corrected chi connectivity index (χ0v) is 10.2. The van der Waals surface area contributed by atoms with Crippen molar-refractivity contribution in [1.82, 2.24) is 5.32 Å². The van der Waals surface area contributed by atoms with Gasteiger partial charge < -0.3 is 10.4 Å². The Morgan fingerprint density at radius 2 is 2.24 bits per heavy atom. The topological polar surface area (TPSA) is 32.3 Å². The average molecular weight is 237 g/mol. The fraction of sp³-hybridized carbons (Fsp3) is 0.571. The highest BCUT2D eigenvalue weighted by Gasteiger charge is 2.28. The predicted octanol–water partition coefficient (Wildman–Crippen LogP) is 1.97. The Kier molecular flexibility index (Phi) is 4.13. The highest BCUT2D eigenvalue weighted by molar-refractivity contribution is 5.18. The van der Waals surface area contributed by atoms with Crippen LogP contribution in [0.15, 0.2) is 24.3 Å².